The van der Waals surface area contributed by atoms with Crippen molar-refractivity contribution in [2.75, 3.05) is 29.4 Å². The van der Waals surface area contributed by atoms with Gasteiger partial charge in [0.1, 0.15) is 5.82 Å². The number of nitrogens with one attached hydrogen (secondary N) is 1. The molecular weight excluding hydrogens is 527 g/mol. The van der Waals surface area contributed by atoms with Crippen LogP contribution in [0.5, 0.6) is 5.75 Å². The van der Waals surface area contributed by atoms with Crippen molar-refractivity contribution in [3.8, 4) is 5.75 Å². The second-order valence-electron chi connectivity index (χ2n) is 9.64. The second-order valence-corrected chi connectivity index (χ2v) is 9.64. The van der Waals surface area contributed by atoms with Crippen molar-refractivity contribution in [2.45, 2.75) is 32.9 Å². The monoisotopic (exact) mass is 560 g/mol. The molecule has 2 N–H and O–H groups in total. The van der Waals surface area contributed by atoms with Crippen LogP contribution < -0.4 is 20.7 Å². The van der Waals surface area contributed by atoms with Gasteiger partial charge < -0.3 is 20.2 Å². The minimum Gasteiger partial charge on any atom is -0.501 e. The average Bonchev–Trinajstić information content (AvgIpc) is 3.33. The minimum atomic E-state index is -0.882. The Balaban J connectivity index is 1.87. The van der Waals surface area contributed by atoms with Crippen molar-refractivity contribution < 1.29 is 19.1 Å². The molecule has 1 saturated heterocycles. The van der Waals surface area contributed by atoms with Crippen LogP contribution in [0.3, 0.4) is 0 Å². The summed E-state index contributed by atoms with van der Waals surface area (Å²) in [5, 5.41) is 13.4. The predicted octanol–water partition coefficient (Wildman–Crippen LogP) is 4.20. The van der Waals surface area contributed by atoms with Crippen LogP contribution in [0.2, 0.25) is 0 Å². The lowest BCUT2D eigenvalue weighted by molar-refractivity contribution is 0.0942. The van der Waals surface area contributed by atoms with Crippen molar-refractivity contribution in [3.63, 3.8) is 0 Å². The van der Waals surface area contributed by atoms with Gasteiger partial charge in [0.05, 0.1) is 11.4 Å². The number of halogens is 1. The van der Waals surface area contributed by atoms with E-state index < -0.39 is 28.7 Å². The topological polar surface area (TPSA) is 110 Å². The molecule has 0 spiro atoms. The van der Waals surface area contributed by atoms with E-state index in [2.05, 4.69) is 30.0 Å². The van der Waals surface area contributed by atoms with Crippen molar-refractivity contribution in [3.05, 3.63) is 102 Å². The first-order chi connectivity index (χ1) is 19.6. The Hall–Kier alpha value is -4.93. The molecule has 3 aromatic rings. The molecule has 10 nitrogen and oxygen atoms in total. The largest absolute Gasteiger partial charge is 0.501 e. The highest BCUT2D eigenvalue weighted by Crippen LogP contribution is 2.33. The number of pyridine rings is 1. The highest BCUT2D eigenvalue weighted by Gasteiger charge is 2.32. The van der Waals surface area contributed by atoms with Gasteiger partial charge in [0, 0.05) is 44.1 Å². The number of rotatable bonds is 11. The van der Waals surface area contributed by atoms with E-state index in [9.17, 15) is 23.9 Å². The number of hydrogen-bond acceptors (Lipinski definition) is 6. The molecule has 11 heteroatoms. The van der Waals surface area contributed by atoms with Crippen molar-refractivity contribution >= 4 is 29.0 Å². The molecule has 214 valence electrons. The molecule has 41 heavy (non-hydrogen) atoms. The van der Waals surface area contributed by atoms with Gasteiger partial charge in [-0.3, -0.25) is 18.9 Å². The van der Waals surface area contributed by atoms with Crippen LogP contribution in [0.25, 0.3) is 5.65 Å². The molecule has 0 bridgehead atoms. The fourth-order valence-corrected chi connectivity index (χ4v) is 4.67. The number of aromatic nitrogens is 2. The van der Waals surface area contributed by atoms with Gasteiger partial charge in [-0.25, -0.2) is 14.2 Å². The van der Waals surface area contributed by atoms with Crippen LogP contribution in [0, 0.1) is 5.82 Å². The molecular formula is C30H33FN6O4. The summed E-state index contributed by atoms with van der Waals surface area (Å²) >= 11 is 0. The van der Waals surface area contributed by atoms with Crippen LogP contribution in [0.4, 0.5) is 20.6 Å². The number of aromatic hydroxyl groups is 1. The SMILES string of the molecule is C=CCN1CCN(c2cc(N(C(=C)CC)C(C)C=C)cn3c(=O)c(O)c(C(=O)NCc4ccc(F)cc4)nc23)C1=O. The van der Waals surface area contributed by atoms with E-state index in [1.54, 1.807) is 23.1 Å². The van der Waals surface area contributed by atoms with Gasteiger partial charge in [-0.2, -0.15) is 0 Å². The minimum absolute atomic E-state index is 0.0139. The molecule has 1 aromatic carbocycles. The Morgan fingerprint density at radius 3 is 2.59 bits per heavy atom. The van der Waals surface area contributed by atoms with E-state index in [1.165, 1.54) is 35.4 Å². The third kappa shape index (κ3) is 5.69. The number of nitrogens with zero attached hydrogens (tertiary/aromatic N) is 5. The number of allylic oxidation sites excluding steroid dienone is 1. The standard InChI is InChI=1S/C30H33FN6O4/c1-6-13-34-14-15-35(30(34)41)24-16-23(37(19(4)7-2)20(5)8-3)18-36-27(24)33-25(26(38)29(36)40)28(39)32-17-21-9-11-22(31)12-10-21/h6-7,9-12,16,18-19,38H,1-2,5,8,13-15,17H2,3-4H3,(H,32,39). The quantitative estimate of drug-likeness (QED) is 0.340. The van der Waals surface area contributed by atoms with E-state index in [0.717, 1.165) is 10.1 Å². The summed E-state index contributed by atoms with van der Waals surface area (Å²) in [6.45, 7) is 16.7. The summed E-state index contributed by atoms with van der Waals surface area (Å²) < 4.78 is 14.4. The lowest BCUT2D eigenvalue weighted by Crippen LogP contribution is -2.35. The van der Waals surface area contributed by atoms with Crippen LogP contribution in [-0.4, -0.2) is 57.0 Å². The number of benzene rings is 1. The maximum absolute atomic E-state index is 13.5. The van der Waals surface area contributed by atoms with Crippen molar-refractivity contribution in [1.82, 2.24) is 19.6 Å². The summed E-state index contributed by atoms with van der Waals surface area (Å²) in [5.74, 6) is -2.06. The molecule has 1 fully saturated rings. The zero-order valence-corrected chi connectivity index (χ0v) is 23.1. The molecule has 1 atom stereocenters. The maximum Gasteiger partial charge on any atom is 0.325 e. The van der Waals surface area contributed by atoms with E-state index in [1.807, 2.05) is 18.7 Å². The van der Waals surface area contributed by atoms with E-state index in [4.69, 9.17) is 0 Å². The van der Waals surface area contributed by atoms with Gasteiger partial charge in [-0.15, -0.1) is 13.2 Å². The third-order valence-corrected chi connectivity index (χ3v) is 6.96. The van der Waals surface area contributed by atoms with Crippen molar-refractivity contribution in [1.29, 1.82) is 0 Å². The summed E-state index contributed by atoms with van der Waals surface area (Å²) in [6.07, 6.45) is 5.45. The molecule has 0 radical (unpaired) electrons. The first kappa shape index (κ1) is 29.1. The number of fused-ring (bicyclic) bond motifs is 1. The molecule has 0 saturated carbocycles. The lowest BCUT2D eigenvalue weighted by atomic mass is 10.1. The van der Waals surface area contributed by atoms with Gasteiger partial charge in [0.15, 0.2) is 11.3 Å². The normalized spacial score (nSPS) is 13.8. The second kappa shape index (κ2) is 12.1. The van der Waals surface area contributed by atoms with Gasteiger partial charge in [-0.1, -0.05) is 37.8 Å². The van der Waals surface area contributed by atoms with Gasteiger partial charge in [0.25, 0.3) is 5.91 Å². The molecule has 2 aromatic heterocycles. The number of anilines is 2. The van der Waals surface area contributed by atoms with Crippen molar-refractivity contribution in [2.24, 2.45) is 0 Å². The summed E-state index contributed by atoms with van der Waals surface area (Å²) in [6, 6.07) is 6.72. The molecule has 1 aliphatic heterocycles. The Labute approximate surface area is 237 Å². The lowest BCUT2D eigenvalue weighted by Gasteiger charge is -2.32. The van der Waals surface area contributed by atoms with E-state index >= 15 is 0 Å². The number of urea groups is 1. The third-order valence-electron chi connectivity index (χ3n) is 6.96. The highest BCUT2D eigenvalue weighted by atomic mass is 19.1. The molecule has 4 rings (SSSR count). The van der Waals surface area contributed by atoms with Crippen LogP contribution in [0.1, 0.15) is 36.3 Å². The zero-order chi connectivity index (χ0) is 29.8. The van der Waals surface area contributed by atoms with Crippen LogP contribution in [-0.2, 0) is 6.54 Å². The highest BCUT2D eigenvalue weighted by molar-refractivity contribution is 6.00. The number of carbonyl (C=O) groups excluding carboxylic acids is 2. The maximum atomic E-state index is 13.5. The summed E-state index contributed by atoms with van der Waals surface area (Å²) in [7, 11) is 0. The average molecular weight is 561 g/mol. The summed E-state index contributed by atoms with van der Waals surface area (Å²) in [5.41, 5.74) is 0.811. The Kier molecular flexibility index (Phi) is 8.56. The Morgan fingerprint density at radius 1 is 1.24 bits per heavy atom. The van der Waals surface area contributed by atoms with Gasteiger partial charge in [0.2, 0.25) is 5.75 Å². The van der Waals surface area contributed by atoms with E-state index in [-0.39, 0.29) is 30.0 Å². The van der Waals surface area contributed by atoms with Crippen LogP contribution in [0.15, 0.2) is 78.9 Å². The predicted molar refractivity (Wildman–Crippen MR) is 157 cm³/mol. The first-order valence-electron chi connectivity index (χ1n) is 13.2. The number of amides is 3. The smallest absolute Gasteiger partial charge is 0.325 e. The molecule has 3 amide bonds. The number of carbonyl (C=O) groups is 2. The van der Waals surface area contributed by atoms with Gasteiger partial charge >= 0.3 is 11.6 Å². The Morgan fingerprint density at radius 2 is 1.95 bits per heavy atom. The fourth-order valence-electron chi connectivity index (χ4n) is 4.67. The fraction of sp³-hybridized carbons (Fsp3) is 0.267. The molecule has 0 aliphatic carbocycles. The summed E-state index contributed by atoms with van der Waals surface area (Å²) in [4.78, 5) is 49.3. The molecule has 1 unspecified atom stereocenters. The molecule has 1 aliphatic rings. The zero-order valence-electron chi connectivity index (χ0n) is 23.1. The first-order valence-corrected chi connectivity index (χ1v) is 13.2. The Bertz CT molecular complexity index is 1580. The van der Waals surface area contributed by atoms with E-state index in [0.29, 0.717) is 37.3 Å². The van der Waals surface area contributed by atoms with Gasteiger partial charge in [-0.05, 0) is 37.1 Å². The van der Waals surface area contributed by atoms with Crippen LogP contribution >= 0.6 is 0 Å². The number of hydrogen-bond donors (Lipinski definition) is 2. The molecule has 3 heterocycles.